The van der Waals surface area contributed by atoms with Crippen molar-refractivity contribution in [2.75, 3.05) is 39.4 Å². The van der Waals surface area contributed by atoms with Gasteiger partial charge in [0.1, 0.15) is 0 Å². The Kier molecular flexibility index (Phi) is 6.91. The number of guanidine groups is 1. The number of aliphatic hydroxyl groups excluding tert-OH is 1. The van der Waals surface area contributed by atoms with Gasteiger partial charge in [0.25, 0.3) is 0 Å². The molecule has 1 aliphatic heterocycles. The molecule has 1 saturated heterocycles. The molecule has 3 unspecified atom stereocenters. The molecule has 0 amide bonds. The van der Waals surface area contributed by atoms with Crippen molar-refractivity contribution in [3.8, 4) is 0 Å². The summed E-state index contributed by atoms with van der Waals surface area (Å²) in [6.45, 7) is 8.58. The molecule has 0 radical (unpaired) electrons. The second kappa shape index (κ2) is 9.37. The lowest BCUT2D eigenvalue weighted by molar-refractivity contribution is 0.0367. The highest BCUT2D eigenvalue weighted by atomic mass is 16.5. The van der Waals surface area contributed by atoms with E-state index in [9.17, 15) is 5.11 Å². The second-order valence-electron chi connectivity index (χ2n) is 7.62. The summed E-state index contributed by atoms with van der Waals surface area (Å²) in [7, 11) is 0. The van der Waals surface area contributed by atoms with Crippen molar-refractivity contribution in [3.63, 3.8) is 0 Å². The van der Waals surface area contributed by atoms with E-state index in [2.05, 4.69) is 38.6 Å². The first-order valence-electron chi connectivity index (χ1n) is 9.93. The molecule has 3 atom stereocenters. The number of aliphatic imine (C=N–C) groups is 1. The van der Waals surface area contributed by atoms with Crippen molar-refractivity contribution in [3.05, 3.63) is 18.7 Å². The van der Waals surface area contributed by atoms with Crippen LogP contribution in [0.25, 0.3) is 0 Å². The SMILES string of the molecule is CCNC(=NCC(O)COCC1CC1)N1CCC(C)C(n2ccnc2)C1. The predicted molar refractivity (Wildman–Crippen MR) is 102 cm³/mol. The molecule has 7 heteroatoms. The van der Waals surface area contributed by atoms with E-state index < -0.39 is 6.10 Å². The number of nitrogens with one attached hydrogen (secondary N) is 1. The van der Waals surface area contributed by atoms with Gasteiger partial charge in [-0.2, -0.15) is 0 Å². The lowest BCUT2D eigenvalue weighted by Crippen LogP contribution is -2.49. The van der Waals surface area contributed by atoms with Crippen LogP contribution in [0.15, 0.2) is 23.7 Å². The molecule has 0 bridgehead atoms. The van der Waals surface area contributed by atoms with Gasteiger partial charge in [-0.1, -0.05) is 6.92 Å². The Bertz CT molecular complexity index is 558. The van der Waals surface area contributed by atoms with E-state index in [0.717, 1.165) is 44.5 Å². The van der Waals surface area contributed by atoms with Crippen LogP contribution in [0.3, 0.4) is 0 Å². The molecule has 26 heavy (non-hydrogen) atoms. The summed E-state index contributed by atoms with van der Waals surface area (Å²) in [5, 5.41) is 13.5. The Labute approximate surface area is 156 Å². The average Bonchev–Trinajstić information content (AvgIpc) is 3.30. The van der Waals surface area contributed by atoms with Crippen LogP contribution in [0.4, 0.5) is 0 Å². The lowest BCUT2D eigenvalue weighted by atomic mass is 9.93. The van der Waals surface area contributed by atoms with Crippen LogP contribution in [-0.2, 0) is 4.74 Å². The molecule has 146 valence electrons. The van der Waals surface area contributed by atoms with E-state index in [1.165, 1.54) is 12.8 Å². The van der Waals surface area contributed by atoms with Gasteiger partial charge in [-0.3, -0.25) is 4.99 Å². The third kappa shape index (κ3) is 5.45. The van der Waals surface area contributed by atoms with Crippen molar-refractivity contribution in [1.82, 2.24) is 19.8 Å². The van der Waals surface area contributed by atoms with Crippen molar-refractivity contribution in [2.45, 2.75) is 45.3 Å². The van der Waals surface area contributed by atoms with Gasteiger partial charge in [-0.25, -0.2) is 4.98 Å². The maximum absolute atomic E-state index is 10.2. The van der Waals surface area contributed by atoms with Gasteiger partial charge in [0.2, 0.25) is 0 Å². The van der Waals surface area contributed by atoms with Crippen molar-refractivity contribution < 1.29 is 9.84 Å². The molecule has 0 aromatic carbocycles. The number of ether oxygens (including phenoxy) is 1. The monoisotopic (exact) mass is 363 g/mol. The summed E-state index contributed by atoms with van der Waals surface area (Å²) >= 11 is 0. The topological polar surface area (TPSA) is 74.9 Å². The predicted octanol–water partition coefficient (Wildman–Crippen LogP) is 1.52. The normalized spacial score (nSPS) is 25.3. The lowest BCUT2D eigenvalue weighted by Gasteiger charge is -2.39. The van der Waals surface area contributed by atoms with Crippen LogP contribution in [0.5, 0.6) is 0 Å². The van der Waals surface area contributed by atoms with Crippen molar-refractivity contribution >= 4 is 5.96 Å². The number of aromatic nitrogens is 2. The molecule has 2 heterocycles. The van der Waals surface area contributed by atoms with Crippen LogP contribution >= 0.6 is 0 Å². The zero-order valence-corrected chi connectivity index (χ0v) is 16.0. The summed E-state index contributed by atoms with van der Waals surface area (Å²) in [5.74, 6) is 2.20. The minimum atomic E-state index is -0.546. The molecule has 7 nitrogen and oxygen atoms in total. The summed E-state index contributed by atoms with van der Waals surface area (Å²) in [4.78, 5) is 11.2. The first kappa shape index (κ1) is 19.2. The largest absolute Gasteiger partial charge is 0.389 e. The maximum atomic E-state index is 10.2. The standard InChI is InChI=1S/C19H33N5O2/c1-3-21-19(22-10-17(25)13-26-12-16-4-5-16)23-8-6-15(2)18(11-23)24-9-7-20-14-24/h7,9,14-18,25H,3-6,8,10-13H2,1-2H3,(H,21,22). The first-order valence-corrected chi connectivity index (χ1v) is 9.93. The number of likely N-dealkylation sites (tertiary alicyclic amines) is 1. The summed E-state index contributed by atoms with van der Waals surface area (Å²) in [5.41, 5.74) is 0. The van der Waals surface area contributed by atoms with E-state index >= 15 is 0 Å². The highest BCUT2D eigenvalue weighted by molar-refractivity contribution is 5.80. The smallest absolute Gasteiger partial charge is 0.194 e. The average molecular weight is 364 g/mol. The summed E-state index contributed by atoms with van der Waals surface area (Å²) in [6.07, 6.45) is 8.87. The zero-order valence-electron chi connectivity index (χ0n) is 16.0. The van der Waals surface area contributed by atoms with E-state index in [1.807, 2.05) is 18.7 Å². The molecule has 2 fully saturated rings. The van der Waals surface area contributed by atoms with Gasteiger partial charge < -0.3 is 24.6 Å². The van der Waals surface area contributed by atoms with Crippen molar-refractivity contribution in [2.24, 2.45) is 16.8 Å². The molecule has 1 aromatic rings. The van der Waals surface area contributed by atoms with Crippen LogP contribution in [0.1, 0.15) is 39.2 Å². The molecule has 1 saturated carbocycles. The van der Waals surface area contributed by atoms with Crippen LogP contribution in [0.2, 0.25) is 0 Å². The number of rotatable bonds is 8. The fourth-order valence-corrected chi connectivity index (χ4v) is 3.42. The second-order valence-corrected chi connectivity index (χ2v) is 7.62. The summed E-state index contributed by atoms with van der Waals surface area (Å²) in [6, 6.07) is 0.391. The number of hydrogen-bond donors (Lipinski definition) is 2. The van der Waals surface area contributed by atoms with Crippen LogP contribution in [-0.4, -0.2) is 71.0 Å². The summed E-state index contributed by atoms with van der Waals surface area (Å²) < 4.78 is 7.77. The molecule has 2 N–H and O–H groups in total. The van der Waals surface area contributed by atoms with Gasteiger partial charge in [0, 0.05) is 38.6 Å². The van der Waals surface area contributed by atoms with Crippen LogP contribution < -0.4 is 5.32 Å². The molecule has 3 rings (SSSR count). The highest BCUT2D eigenvalue weighted by Gasteiger charge is 2.29. The molecular weight excluding hydrogens is 330 g/mol. The Morgan fingerprint density at radius 3 is 2.96 bits per heavy atom. The van der Waals surface area contributed by atoms with Gasteiger partial charge in [0.05, 0.1) is 31.6 Å². The van der Waals surface area contributed by atoms with E-state index in [4.69, 9.17) is 4.74 Å². The third-order valence-electron chi connectivity index (χ3n) is 5.27. The quantitative estimate of drug-likeness (QED) is 0.541. The molecule has 0 spiro atoms. The number of piperidine rings is 1. The molecule has 1 aromatic heterocycles. The number of aliphatic hydroxyl groups is 1. The molecule has 2 aliphatic rings. The van der Waals surface area contributed by atoms with Gasteiger partial charge >= 0.3 is 0 Å². The Morgan fingerprint density at radius 1 is 1.42 bits per heavy atom. The maximum Gasteiger partial charge on any atom is 0.194 e. The number of nitrogens with zero attached hydrogens (tertiary/aromatic N) is 4. The van der Waals surface area contributed by atoms with Gasteiger partial charge in [0.15, 0.2) is 5.96 Å². The van der Waals surface area contributed by atoms with Gasteiger partial charge in [-0.15, -0.1) is 0 Å². The Hall–Kier alpha value is -1.60. The first-order chi connectivity index (χ1) is 12.7. The van der Waals surface area contributed by atoms with Crippen molar-refractivity contribution in [1.29, 1.82) is 0 Å². The van der Waals surface area contributed by atoms with Crippen LogP contribution in [0, 0.1) is 11.8 Å². The fourth-order valence-electron chi connectivity index (χ4n) is 3.42. The number of imidazole rings is 1. The van der Waals surface area contributed by atoms with E-state index in [-0.39, 0.29) is 0 Å². The van der Waals surface area contributed by atoms with Gasteiger partial charge in [-0.05, 0) is 38.0 Å². The minimum Gasteiger partial charge on any atom is -0.389 e. The Balaban J connectivity index is 1.55. The number of hydrogen-bond acceptors (Lipinski definition) is 4. The van der Waals surface area contributed by atoms with E-state index in [1.54, 1.807) is 0 Å². The zero-order chi connectivity index (χ0) is 18.4. The third-order valence-corrected chi connectivity index (χ3v) is 5.27. The fraction of sp³-hybridized carbons (Fsp3) is 0.789. The molecule has 1 aliphatic carbocycles. The Morgan fingerprint density at radius 2 is 2.27 bits per heavy atom. The minimum absolute atomic E-state index is 0.369. The highest BCUT2D eigenvalue weighted by Crippen LogP contribution is 2.29. The van der Waals surface area contributed by atoms with E-state index in [0.29, 0.717) is 25.1 Å². The molecular formula is C19H33N5O2.